The lowest BCUT2D eigenvalue weighted by Crippen LogP contribution is -2.09. The first kappa shape index (κ1) is 19.7. The van der Waals surface area contributed by atoms with Crippen LogP contribution >= 0.6 is 11.3 Å². The Bertz CT molecular complexity index is 1150. The molecule has 0 unspecified atom stereocenters. The van der Waals surface area contributed by atoms with Gasteiger partial charge in [0.25, 0.3) is 0 Å². The number of aromatic nitrogens is 3. The Balaban J connectivity index is 1.88. The van der Waals surface area contributed by atoms with Crippen LogP contribution in [0, 0.1) is 0 Å². The molecule has 0 aliphatic rings. The van der Waals surface area contributed by atoms with Crippen LogP contribution in [0.5, 0.6) is 17.2 Å². The Labute approximate surface area is 177 Å². The number of hydrogen-bond acceptors (Lipinski definition) is 7. The zero-order chi connectivity index (χ0) is 21.1. The maximum absolute atomic E-state index is 13.6. The zero-order valence-corrected chi connectivity index (χ0v) is 17.5. The molecule has 2 heterocycles. The van der Waals surface area contributed by atoms with Gasteiger partial charge in [0.05, 0.1) is 27.0 Å². The first-order chi connectivity index (χ1) is 14.7. The summed E-state index contributed by atoms with van der Waals surface area (Å²) < 4.78 is 17.8. The first-order valence-electron chi connectivity index (χ1n) is 9.04. The average Bonchev–Trinajstić information content (AvgIpc) is 3.51. The molecule has 0 aliphatic heterocycles. The largest absolute Gasteiger partial charge is 0.493 e. The quantitative estimate of drug-likeness (QED) is 0.415. The van der Waals surface area contributed by atoms with Crippen LogP contribution in [0.25, 0.3) is 16.1 Å². The van der Waals surface area contributed by atoms with Gasteiger partial charge < -0.3 is 14.2 Å². The molecule has 0 spiro atoms. The smallest absolute Gasteiger partial charge is 0.203 e. The molecular formula is C22H19N3O4S. The van der Waals surface area contributed by atoms with Gasteiger partial charge in [0.15, 0.2) is 17.3 Å². The van der Waals surface area contributed by atoms with Crippen LogP contribution in [0.2, 0.25) is 0 Å². The molecule has 4 rings (SSSR count). The maximum Gasteiger partial charge on any atom is 0.203 e. The van der Waals surface area contributed by atoms with E-state index in [1.54, 1.807) is 34.5 Å². The summed E-state index contributed by atoms with van der Waals surface area (Å²) in [6.07, 6.45) is 2.99. The minimum absolute atomic E-state index is 0.196. The molecule has 0 fully saturated rings. The molecule has 152 valence electrons. The van der Waals surface area contributed by atoms with Crippen molar-refractivity contribution in [2.75, 3.05) is 21.3 Å². The fraction of sp³-hybridized carbons (Fsp3) is 0.136. The number of ether oxygens (including phenoxy) is 3. The highest BCUT2D eigenvalue weighted by Gasteiger charge is 2.21. The van der Waals surface area contributed by atoms with Gasteiger partial charge in [0, 0.05) is 16.0 Å². The van der Waals surface area contributed by atoms with Crippen molar-refractivity contribution in [3.63, 3.8) is 0 Å². The van der Waals surface area contributed by atoms with Crippen molar-refractivity contribution in [1.82, 2.24) is 14.8 Å². The van der Waals surface area contributed by atoms with E-state index in [2.05, 4.69) is 10.1 Å². The number of hydrogen-bond donors (Lipinski definition) is 0. The van der Waals surface area contributed by atoms with E-state index in [0.717, 1.165) is 10.4 Å². The predicted molar refractivity (Wildman–Crippen MR) is 114 cm³/mol. The molecule has 2 aromatic carbocycles. The summed E-state index contributed by atoms with van der Waals surface area (Å²) in [7, 11) is 4.56. The molecule has 0 aliphatic carbocycles. The van der Waals surface area contributed by atoms with Crippen LogP contribution in [-0.4, -0.2) is 41.9 Å². The topological polar surface area (TPSA) is 75.5 Å². The fourth-order valence-electron chi connectivity index (χ4n) is 3.21. The summed E-state index contributed by atoms with van der Waals surface area (Å²) in [4.78, 5) is 18.7. The van der Waals surface area contributed by atoms with E-state index < -0.39 is 0 Å². The van der Waals surface area contributed by atoms with Gasteiger partial charge in [-0.3, -0.25) is 4.79 Å². The summed E-state index contributed by atoms with van der Waals surface area (Å²) in [5.41, 5.74) is 2.48. The van der Waals surface area contributed by atoms with E-state index in [9.17, 15) is 4.79 Å². The number of carbonyl (C=O) groups excluding carboxylic acids is 1. The lowest BCUT2D eigenvalue weighted by atomic mass is 9.98. The molecule has 0 amide bonds. The monoisotopic (exact) mass is 421 g/mol. The van der Waals surface area contributed by atoms with Crippen molar-refractivity contribution < 1.29 is 19.0 Å². The minimum Gasteiger partial charge on any atom is -0.493 e. The van der Waals surface area contributed by atoms with E-state index in [0.29, 0.717) is 34.1 Å². The molecule has 7 nitrogen and oxygen atoms in total. The Morgan fingerprint density at radius 2 is 1.77 bits per heavy atom. The van der Waals surface area contributed by atoms with Gasteiger partial charge in [-0.15, -0.1) is 11.3 Å². The van der Waals surface area contributed by atoms with Crippen LogP contribution in [0.4, 0.5) is 0 Å². The number of thiophene rings is 1. The van der Waals surface area contributed by atoms with Gasteiger partial charge in [0.1, 0.15) is 12.7 Å². The number of benzene rings is 2. The van der Waals surface area contributed by atoms with Crippen molar-refractivity contribution in [2.45, 2.75) is 0 Å². The number of methoxy groups -OCH3 is 3. The van der Waals surface area contributed by atoms with Gasteiger partial charge in [-0.1, -0.05) is 12.1 Å². The Hall–Kier alpha value is -3.65. The second-order valence-electron chi connectivity index (χ2n) is 6.29. The van der Waals surface area contributed by atoms with E-state index in [-0.39, 0.29) is 5.78 Å². The van der Waals surface area contributed by atoms with Crippen LogP contribution in [0.15, 0.2) is 60.5 Å². The molecule has 0 saturated carbocycles. The summed E-state index contributed by atoms with van der Waals surface area (Å²) in [5, 5.41) is 6.20. The number of rotatable bonds is 7. The Morgan fingerprint density at radius 3 is 2.33 bits per heavy atom. The highest BCUT2D eigenvalue weighted by molar-refractivity contribution is 7.13. The van der Waals surface area contributed by atoms with Gasteiger partial charge in [-0.25, -0.2) is 9.67 Å². The minimum atomic E-state index is -0.196. The highest BCUT2D eigenvalue weighted by Crippen LogP contribution is 2.39. The third kappa shape index (κ3) is 3.53. The van der Waals surface area contributed by atoms with E-state index in [1.807, 2.05) is 35.7 Å². The van der Waals surface area contributed by atoms with Crippen molar-refractivity contribution in [2.24, 2.45) is 0 Å². The summed E-state index contributed by atoms with van der Waals surface area (Å²) in [6, 6.07) is 13.0. The standard InChI is InChI=1S/C22H19N3O4S/c1-27-18-10-15(11-19(28-2)22(18)29-3)21(26)16-9-14(20-5-4-8-30-20)6-7-17(16)25-13-23-12-24-25/h4-13H,1-3H3. The normalized spacial score (nSPS) is 10.6. The van der Waals surface area contributed by atoms with Crippen LogP contribution in [0.1, 0.15) is 15.9 Å². The summed E-state index contributed by atoms with van der Waals surface area (Å²) >= 11 is 1.61. The molecule has 0 radical (unpaired) electrons. The van der Waals surface area contributed by atoms with Crippen LogP contribution < -0.4 is 14.2 Å². The van der Waals surface area contributed by atoms with Gasteiger partial charge >= 0.3 is 0 Å². The molecule has 2 aromatic heterocycles. The van der Waals surface area contributed by atoms with Gasteiger partial charge in [0.2, 0.25) is 5.75 Å². The zero-order valence-electron chi connectivity index (χ0n) is 16.7. The van der Waals surface area contributed by atoms with E-state index in [4.69, 9.17) is 14.2 Å². The molecule has 4 aromatic rings. The van der Waals surface area contributed by atoms with Crippen molar-refractivity contribution in [1.29, 1.82) is 0 Å². The van der Waals surface area contributed by atoms with E-state index >= 15 is 0 Å². The second kappa shape index (κ2) is 8.38. The molecule has 0 N–H and O–H groups in total. The summed E-state index contributed by atoms with van der Waals surface area (Å²) in [6.45, 7) is 0. The maximum atomic E-state index is 13.6. The third-order valence-corrected chi connectivity index (χ3v) is 5.56. The number of nitrogens with zero attached hydrogens (tertiary/aromatic N) is 3. The Kier molecular flexibility index (Phi) is 5.49. The van der Waals surface area contributed by atoms with E-state index in [1.165, 1.54) is 27.7 Å². The SMILES string of the molecule is COc1cc(C(=O)c2cc(-c3cccs3)ccc2-n2cncn2)cc(OC)c1OC. The fourth-order valence-corrected chi connectivity index (χ4v) is 3.94. The molecular weight excluding hydrogens is 402 g/mol. The van der Waals surface area contributed by atoms with Crippen LogP contribution in [-0.2, 0) is 0 Å². The second-order valence-corrected chi connectivity index (χ2v) is 7.24. The molecule has 0 saturated heterocycles. The molecule has 8 heteroatoms. The Morgan fingerprint density at radius 1 is 1.00 bits per heavy atom. The highest BCUT2D eigenvalue weighted by atomic mass is 32.1. The number of ketones is 1. The van der Waals surface area contributed by atoms with Crippen molar-refractivity contribution >= 4 is 17.1 Å². The summed E-state index contributed by atoms with van der Waals surface area (Å²) in [5.74, 6) is 1.06. The lowest BCUT2D eigenvalue weighted by molar-refractivity contribution is 0.103. The van der Waals surface area contributed by atoms with Crippen LogP contribution in [0.3, 0.4) is 0 Å². The molecule has 0 atom stereocenters. The lowest BCUT2D eigenvalue weighted by Gasteiger charge is -2.15. The van der Waals surface area contributed by atoms with Crippen molar-refractivity contribution in [3.05, 3.63) is 71.6 Å². The van der Waals surface area contributed by atoms with Gasteiger partial charge in [-0.2, -0.15) is 5.10 Å². The average molecular weight is 421 g/mol. The first-order valence-corrected chi connectivity index (χ1v) is 9.92. The number of carbonyl (C=O) groups is 1. The molecule has 30 heavy (non-hydrogen) atoms. The molecule has 0 bridgehead atoms. The predicted octanol–water partition coefficient (Wildman–Crippen LogP) is 4.25. The third-order valence-electron chi connectivity index (χ3n) is 4.64. The van der Waals surface area contributed by atoms with Crippen molar-refractivity contribution in [3.8, 4) is 33.4 Å². The van der Waals surface area contributed by atoms with Gasteiger partial charge in [-0.05, 0) is 41.3 Å².